The molecule has 0 radical (unpaired) electrons. The number of halogens is 2. The van der Waals surface area contributed by atoms with E-state index >= 15 is 0 Å². The van der Waals surface area contributed by atoms with Crippen LogP contribution in [0.4, 0.5) is 0 Å². The standard InChI is InChI=1S/C8H7BrClNO2/c9-6-3-4(10)1-2-5(6)7(11)8(12)13/h1-3,7H,11H2,(H,12,13)/t7-/m1/s1. The fourth-order valence-electron chi connectivity index (χ4n) is 0.887. The van der Waals surface area contributed by atoms with Gasteiger partial charge >= 0.3 is 5.97 Å². The van der Waals surface area contributed by atoms with Crippen molar-refractivity contribution in [3.05, 3.63) is 33.3 Å². The van der Waals surface area contributed by atoms with Gasteiger partial charge in [-0.1, -0.05) is 33.6 Å². The van der Waals surface area contributed by atoms with Gasteiger partial charge in [0.1, 0.15) is 6.04 Å². The number of benzene rings is 1. The van der Waals surface area contributed by atoms with Crippen LogP contribution in [0.3, 0.4) is 0 Å². The van der Waals surface area contributed by atoms with E-state index in [0.717, 1.165) is 0 Å². The number of carboxylic acid groups (broad SMARTS) is 1. The van der Waals surface area contributed by atoms with Crippen LogP contribution in [0.1, 0.15) is 11.6 Å². The molecule has 0 heterocycles. The van der Waals surface area contributed by atoms with E-state index in [1.54, 1.807) is 18.2 Å². The van der Waals surface area contributed by atoms with E-state index in [4.69, 9.17) is 22.4 Å². The molecule has 1 rings (SSSR count). The van der Waals surface area contributed by atoms with Crippen LogP contribution in [0.2, 0.25) is 5.02 Å². The molecule has 0 bridgehead atoms. The maximum atomic E-state index is 10.6. The highest BCUT2D eigenvalue weighted by Gasteiger charge is 2.16. The Balaban J connectivity index is 3.08. The van der Waals surface area contributed by atoms with Gasteiger partial charge in [0.05, 0.1) is 0 Å². The van der Waals surface area contributed by atoms with Gasteiger partial charge in [-0.25, -0.2) is 0 Å². The van der Waals surface area contributed by atoms with Gasteiger partial charge in [0.2, 0.25) is 0 Å². The summed E-state index contributed by atoms with van der Waals surface area (Å²) in [6.45, 7) is 0. The summed E-state index contributed by atoms with van der Waals surface area (Å²) in [4.78, 5) is 10.6. The number of rotatable bonds is 2. The zero-order valence-corrected chi connectivity index (χ0v) is 8.84. The summed E-state index contributed by atoms with van der Waals surface area (Å²) < 4.78 is 0.606. The lowest BCUT2D eigenvalue weighted by molar-refractivity contribution is -0.138. The molecule has 1 aromatic rings. The Morgan fingerprint density at radius 2 is 2.23 bits per heavy atom. The maximum absolute atomic E-state index is 10.6. The summed E-state index contributed by atoms with van der Waals surface area (Å²) in [7, 11) is 0. The van der Waals surface area contributed by atoms with Crippen LogP contribution in [-0.4, -0.2) is 11.1 Å². The van der Waals surface area contributed by atoms with Crippen molar-refractivity contribution >= 4 is 33.5 Å². The molecule has 1 aromatic carbocycles. The number of carbonyl (C=O) groups is 1. The molecule has 0 aliphatic heterocycles. The van der Waals surface area contributed by atoms with Crippen LogP contribution in [-0.2, 0) is 4.79 Å². The minimum Gasteiger partial charge on any atom is -0.480 e. The minimum atomic E-state index is -1.07. The molecule has 0 aliphatic rings. The second-order valence-corrected chi connectivity index (χ2v) is 3.77. The first kappa shape index (κ1) is 10.5. The Hall–Kier alpha value is -0.580. The normalized spacial score (nSPS) is 12.5. The topological polar surface area (TPSA) is 63.3 Å². The van der Waals surface area contributed by atoms with Gasteiger partial charge in [-0.05, 0) is 17.7 Å². The Morgan fingerprint density at radius 3 is 2.69 bits per heavy atom. The third-order valence-electron chi connectivity index (χ3n) is 1.56. The largest absolute Gasteiger partial charge is 0.480 e. The minimum absolute atomic E-state index is 0.511. The molecule has 0 aromatic heterocycles. The molecule has 3 nitrogen and oxygen atoms in total. The molecular weight excluding hydrogens is 257 g/mol. The van der Waals surface area contributed by atoms with E-state index in [1.807, 2.05) is 0 Å². The second-order valence-electron chi connectivity index (χ2n) is 2.48. The molecule has 3 N–H and O–H groups in total. The van der Waals surface area contributed by atoms with Gasteiger partial charge in [-0.3, -0.25) is 4.79 Å². The summed E-state index contributed by atoms with van der Waals surface area (Å²) in [5.74, 6) is -1.07. The molecule has 1 atom stereocenters. The van der Waals surface area contributed by atoms with Gasteiger partial charge in [-0.15, -0.1) is 0 Å². The maximum Gasteiger partial charge on any atom is 0.325 e. The number of hydrogen-bond acceptors (Lipinski definition) is 2. The predicted molar refractivity (Wildman–Crippen MR) is 53.7 cm³/mol. The van der Waals surface area contributed by atoms with Crippen LogP contribution in [0, 0.1) is 0 Å². The van der Waals surface area contributed by atoms with Gasteiger partial charge in [0.25, 0.3) is 0 Å². The van der Waals surface area contributed by atoms with E-state index in [9.17, 15) is 4.79 Å². The Bertz CT molecular complexity index is 343. The van der Waals surface area contributed by atoms with Crippen molar-refractivity contribution in [1.29, 1.82) is 0 Å². The van der Waals surface area contributed by atoms with Crippen molar-refractivity contribution in [3.63, 3.8) is 0 Å². The summed E-state index contributed by atoms with van der Waals surface area (Å²) in [6, 6.07) is 3.78. The van der Waals surface area contributed by atoms with Gasteiger partial charge in [-0.2, -0.15) is 0 Å². The number of aliphatic carboxylic acids is 1. The molecular formula is C8H7BrClNO2. The SMILES string of the molecule is N[C@@H](C(=O)O)c1ccc(Cl)cc1Br. The van der Waals surface area contributed by atoms with Crippen molar-refractivity contribution in [1.82, 2.24) is 0 Å². The number of nitrogens with two attached hydrogens (primary N) is 1. The van der Waals surface area contributed by atoms with E-state index in [-0.39, 0.29) is 0 Å². The van der Waals surface area contributed by atoms with Crippen molar-refractivity contribution in [3.8, 4) is 0 Å². The fraction of sp³-hybridized carbons (Fsp3) is 0.125. The molecule has 13 heavy (non-hydrogen) atoms. The van der Waals surface area contributed by atoms with Gasteiger partial charge < -0.3 is 10.8 Å². The first-order valence-electron chi connectivity index (χ1n) is 3.45. The molecule has 0 spiro atoms. The highest BCUT2D eigenvalue weighted by atomic mass is 79.9. The lowest BCUT2D eigenvalue weighted by Gasteiger charge is -2.08. The quantitative estimate of drug-likeness (QED) is 0.860. The highest BCUT2D eigenvalue weighted by molar-refractivity contribution is 9.10. The molecule has 0 amide bonds. The Morgan fingerprint density at radius 1 is 1.62 bits per heavy atom. The lowest BCUT2D eigenvalue weighted by Crippen LogP contribution is -2.20. The average Bonchev–Trinajstić information content (AvgIpc) is 2.03. The number of carboxylic acids is 1. The van der Waals surface area contributed by atoms with E-state index in [0.29, 0.717) is 15.1 Å². The van der Waals surface area contributed by atoms with Crippen LogP contribution >= 0.6 is 27.5 Å². The summed E-state index contributed by atoms with van der Waals surface area (Å²) >= 11 is 8.87. The first-order chi connectivity index (χ1) is 6.02. The Labute approximate surface area is 88.6 Å². The molecule has 0 aliphatic carbocycles. The van der Waals surface area contributed by atoms with E-state index < -0.39 is 12.0 Å². The molecule has 0 saturated carbocycles. The fourth-order valence-corrected chi connectivity index (χ4v) is 1.82. The van der Waals surface area contributed by atoms with Crippen molar-refractivity contribution in [2.75, 3.05) is 0 Å². The smallest absolute Gasteiger partial charge is 0.325 e. The van der Waals surface area contributed by atoms with Crippen molar-refractivity contribution < 1.29 is 9.90 Å². The van der Waals surface area contributed by atoms with E-state index in [2.05, 4.69) is 15.9 Å². The Kier molecular flexibility index (Phi) is 3.30. The van der Waals surface area contributed by atoms with Crippen LogP contribution in [0.25, 0.3) is 0 Å². The molecule has 0 fully saturated rings. The van der Waals surface area contributed by atoms with Crippen molar-refractivity contribution in [2.45, 2.75) is 6.04 Å². The molecule has 0 saturated heterocycles. The molecule has 0 unspecified atom stereocenters. The zero-order chi connectivity index (χ0) is 10.0. The van der Waals surface area contributed by atoms with Crippen molar-refractivity contribution in [2.24, 2.45) is 5.73 Å². The third-order valence-corrected chi connectivity index (χ3v) is 2.49. The third kappa shape index (κ3) is 2.43. The van der Waals surface area contributed by atoms with E-state index in [1.165, 1.54) is 0 Å². The van der Waals surface area contributed by atoms with Crippen LogP contribution < -0.4 is 5.73 Å². The summed E-state index contributed by atoms with van der Waals surface area (Å²) in [6.07, 6.45) is 0. The summed E-state index contributed by atoms with van der Waals surface area (Å²) in [5.41, 5.74) is 5.93. The monoisotopic (exact) mass is 263 g/mol. The molecule has 70 valence electrons. The number of hydrogen-bond donors (Lipinski definition) is 2. The zero-order valence-electron chi connectivity index (χ0n) is 6.50. The van der Waals surface area contributed by atoms with Crippen LogP contribution in [0.15, 0.2) is 22.7 Å². The predicted octanol–water partition coefficient (Wildman–Crippen LogP) is 2.19. The molecule has 5 heteroatoms. The second kappa shape index (κ2) is 4.09. The van der Waals surface area contributed by atoms with Gasteiger partial charge in [0, 0.05) is 9.50 Å². The lowest BCUT2D eigenvalue weighted by atomic mass is 10.1. The average molecular weight is 265 g/mol. The summed E-state index contributed by atoms with van der Waals surface area (Å²) in [5, 5.41) is 9.19. The first-order valence-corrected chi connectivity index (χ1v) is 4.63. The highest BCUT2D eigenvalue weighted by Crippen LogP contribution is 2.25. The van der Waals surface area contributed by atoms with Gasteiger partial charge in [0.15, 0.2) is 0 Å². The van der Waals surface area contributed by atoms with Crippen LogP contribution in [0.5, 0.6) is 0 Å².